The third-order valence-corrected chi connectivity index (χ3v) is 3.16. The molecule has 0 aliphatic heterocycles. The van der Waals surface area contributed by atoms with Crippen LogP contribution in [0.3, 0.4) is 0 Å². The summed E-state index contributed by atoms with van der Waals surface area (Å²) in [6, 6.07) is 12.5. The molecule has 0 atom stereocenters. The van der Waals surface area contributed by atoms with Gasteiger partial charge in [0.05, 0.1) is 7.11 Å². The Morgan fingerprint density at radius 2 is 1.77 bits per heavy atom. The summed E-state index contributed by atoms with van der Waals surface area (Å²) in [7, 11) is 1.35. The number of carboxylic acids is 1. The van der Waals surface area contributed by atoms with Crippen molar-refractivity contribution in [1.29, 1.82) is 0 Å². The van der Waals surface area contributed by atoms with Crippen LogP contribution in [0, 0.1) is 0 Å². The Hall–Kier alpha value is -2.82. The van der Waals surface area contributed by atoms with Crippen LogP contribution in [0.2, 0.25) is 0 Å². The van der Waals surface area contributed by atoms with Crippen molar-refractivity contribution in [3.63, 3.8) is 0 Å². The Kier molecular flexibility index (Phi) is 4.78. The summed E-state index contributed by atoms with van der Waals surface area (Å²) in [6.07, 6.45) is 0. The van der Waals surface area contributed by atoms with Crippen LogP contribution < -0.4 is 9.47 Å². The molecule has 0 heterocycles. The van der Waals surface area contributed by atoms with E-state index in [0.29, 0.717) is 0 Å². The van der Waals surface area contributed by atoms with Crippen molar-refractivity contribution in [2.24, 2.45) is 0 Å². The third-order valence-electron chi connectivity index (χ3n) is 3.16. The molecule has 5 heteroatoms. The molecule has 22 heavy (non-hydrogen) atoms. The van der Waals surface area contributed by atoms with E-state index in [9.17, 15) is 14.7 Å². The van der Waals surface area contributed by atoms with Gasteiger partial charge in [0.2, 0.25) is 0 Å². The van der Waals surface area contributed by atoms with Gasteiger partial charge in [0, 0.05) is 5.56 Å². The lowest BCUT2D eigenvalue weighted by Crippen LogP contribution is -2.10. The normalized spacial score (nSPS) is 10.1. The predicted octanol–water partition coefficient (Wildman–Crippen LogP) is 3.18. The first-order valence-corrected chi connectivity index (χ1v) is 6.66. The zero-order valence-corrected chi connectivity index (χ0v) is 12.3. The predicted molar refractivity (Wildman–Crippen MR) is 80.7 cm³/mol. The molecule has 2 aromatic carbocycles. The van der Waals surface area contributed by atoms with Gasteiger partial charge in [-0.25, -0.2) is 4.79 Å². The second-order valence-corrected chi connectivity index (χ2v) is 4.66. The van der Waals surface area contributed by atoms with Gasteiger partial charge in [-0.3, -0.25) is 4.79 Å². The average molecular weight is 300 g/mol. The van der Waals surface area contributed by atoms with E-state index in [1.807, 2.05) is 30.3 Å². The fraction of sp³-hybridized carbons (Fsp3) is 0.176. The number of carbonyl (C=O) groups is 2. The highest BCUT2D eigenvalue weighted by Crippen LogP contribution is 2.34. The molecule has 0 bridgehead atoms. The molecule has 0 aromatic heterocycles. The van der Waals surface area contributed by atoms with Crippen LogP contribution in [0.15, 0.2) is 42.5 Å². The number of aromatic carboxylic acids is 1. The molecule has 2 rings (SSSR count). The number of ketones is 1. The molecular formula is C17H16O5. The topological polar surface area (TPSA) is 72.8 Å². The number of Topliss-reactive ketones (excluding diaryl/α,β-unsaturated/α-hetero) is 1. The first-order valence-electron chi connectivity index (χ1n) is 6.66. The van der Waals surface area contributed by atoms with Gasteiger partial charge in [-0.15, -0.1) is 0 Å². The van der Waals surface area contributed by atoms with Crippen molar-refractivity contribution in [3.8, 4) is 11.5 Å². The average Bonchev–Trinajstić information content (AvgIpc) is 2.52. The van der Waals surface area contributed by atoms with E-state index in [1.165, 1.54) is 20.1 Å². The van der Waals surface area contributed by atoms with Crippen molar-refractivity contribution in [3.05, 3.63) is 59.2 Å². The summed E-state index contributed by atoms with van der Waals surface area (Å²) >= 11 is 0. The summed E-state index contributed by atoms with van der Waals surface area (Å²) in [6.45, 7) is 1.58. The van der Waals surface area contributed by atoms with Gasteiger partial charge in [-0.1, -0.05) is 30.3 Å². The standard InChI is InChI=1S/C17H16O5/c1-11(18)13-8-9-14(16(21-2)15(13)17(19)20)22-10-12-6-4-3-5-7-12/h3-9H,10H2,1-2H3,(H,19,20). The van der Waals surface area contributed by atoms with Crippen molar-refractivity contribution < 1.29 is 24.2 Å². The van der Waals surface area contributed by atoms with Crippen molar-refractivity contribution >= 4 is 11.8 Å². The molecule has 0 saturated carbocycles. The molecular weight excluding hydrogens is 284 g/mol. The third kappa shape index (κ3) is 3.25. The fourth-order valence-electron chi connectivity index (χ4n) is 2.12. The first kappa shape index (κ1) is 15.6. The molecule has 0 amide bonds. The highest BCUT2D eigenvalue weighted by molar-refractivity contribution is 6.07. The Morgan fingerprint density at radius 1 is 1.09 bits per heavy atom. The first-order chi connectivity index (χ1) is 10.5. The number of rotatable bonds is 6. The minimum absolute atomic E-state index is 0.0520. The number of ether oxygens (including phenoxy) is 2. The molecule has 2 aromatic rings. The van der Waals surface area contributed by atoms with Crippen molar-refractivity contribution in [2.45, 2.75) is 13.5 Å². The lowest BCUT2D eigenvalue weighted by atomic mass is 10.0. The number of benzene rings is 2. The van der Waals surface area contributed by atoms with E-state index in [2.05, 4.69) is 0 Å². The SMILES string of the molecule is COc1c(OCc2ccccc2)ccc(C(C)=O)c1C(=O)O. The van der Waals surface area contributed by atoms with E-state index in [1.54, 1.807) is 6.07 Å². The second kappa shape index (κ2) is 6.76. The number of methoxy groups -OCH3 is 1. The minimum atomic E-state index is -1.23. The smallest absolute Gasteiger partial charge is 0.340 e. The Morgan fingerprint density at radius 3 is 2.32 bits per heavy atom. The Bertz CT molecular complexity index is 692. The largest absolute Gasteiger partial charge is 0.492 e. The van der Waals surface area contributed by atoms with Crippen molar-refractivity contribution in [1.82, 2.24) is 0 Å². The summed E-state index contributed by atoms with van der Waals surface area (Å²) in [5.74, 6) is -1.23. The van der Waals surface area contributed by atoms with Crippen LogP contribution in [0.1, 0.15) is 33.2 Å². The molecule has 5 nitrogen and oxygen atoms in total. The lowest BCUT2D eigenvalue weighted by Gasteiger charge is -2.15. The molecule has 1 N–H and O–H groups in total. The van der Waals surface area contributed by atoms with Gasteiger partial charge in [0.15, 0.2) is 17.3 Å². The molecule has 114 valence electrons. The maximum Gasteiger partial charge on any atom is 0.340 e. The molecule has 0 spiro atoms. The molecule has 0 aliphatic rings. The van der Waals surface area contributed by atoms with E-state index in [4.69, 9.17) is 9.47 Å². The zero-order valence-electron chi connectivity index (χ0n) is 12.3. The monoisotopic (exact) mass is 300 g/mol. The highest BCUT2D eigenvalue weighted by Gasteiger charge is 2.23. The maximum atomic E-state index is 11.6. The summed E-state index contributed by atoms with van der Waals surface area (Å²) < 4.78 is 10.8. The summed E-state index contributed by atoms with van der Waals surface area (Å²) in [5.41, 5.74) is 0.856. The second-order valence-electron chi connectivity index (χ2n) is 4.66. The fourth-order valence-corrected chi connectivity index (χ4v) is 2.12. The van der Waals surface area contributed by atoms with Crippen molar-refractivity contribution in [2.75, 3.05) is 7.11 Å². The number of carbonyl (C=O) groups excluding carboxylic acids is 1. The minimum Gasteiger partial charge on any atom is -0.492 e. The number of hydrogen-bond donors (Lipinski definition) is 1. The summed E-state index contributed by atoms with van der Waals surface area (Å²) in [5, 5.41) is 9.35. The zero-order chi connectivity index (χ0) is 16.1. The molecule has 0 unspecified atom stereocenters. The highest BCUT2D eigenvalue weighted by atomic mass is 16.5. The molecule has 0 radical (unpaired) electrons. The molecule has 0 aliphatic carbocycles. The van der Waals surface area contributed by atoms with Crippen LogP contribution in [-0.2, 0) is 6.61 Å². The molecule has 0 fully saturated rings. The van der Waals surface area contributed by atoms with Crippen LogP contribution in [0.4, 0.5) is 0 Å². The van der Waals surface area contributed by atoms with Gasteiger partial charge >= 0.3 is 5.97 Å². The van der Waals surface area contributed by atoms with Crippen LogP contribution in [0.5, 0.6) is 11.5 Å². The van der Waals surface area contributed by atoms with E-state index < -0.39 is 5.97 Å². The van der Waals surface area contributed by atoms with Crippen LogP contribution in [-0.4, -0.2) is 24.0 Å². The Labute approximate surface area is 128 Å². The van der Waals surface area contributed by atoms with E-state index >= 15 is 0 Å². The number of carboxylic acid groups (broad SMARTS) is 1. The Balaban J connectivity index is 2.38. The van der Waals surface area contributed by atoms with Gasteiger partial charge in [-0.2, -0.15) is 0 Å². The van der Waals surface area contributed by atoms with Gasteiger partial charge < -0.3 is 14.6 Å². The summed E-state index contributed by atoms with van der Waals surface area (Å²) in [4.78, 5) is 23.0. The molecule has 0 saturated heterocycles. The van der Waals surface area contributed by atoms with Gasteiger partial charge in [0.25, 0.3) is 0 Å². The van der Waals surface area contributed by atoms with E-state index in [-0.39, 0.29) is 35.0 Å². The quantitative estimate of drug-likeness (QED) is 0.829. The van der Waals surface area contributed by atoms with Crippen LogP contribution in [0.25, 0.3) is 0 Å². The lowest BCUT2D eigenvalue weighted by molar-refractivity contribution is 0.0687. The van der Waals surface area contributed by atoms with Gasteiger partial charge in [-0.05, 0) is 24.6 Å². The van der Waals surface area contributed by atoms with Crippen LogP contribution >= 0.6 is 0 Å². The maximum absolute atomic E-state index is 11.6. The van der Waals surface area contributed by atoms with E-state index in [0.717, 1.165) is 5.56 Å². The van der Waals surface area contributed by atoms with Gasteiger partial charge in [0.1, 0.15) is 12.2 Å². The number of hydrogen-bond acceptors (Lipinski definition) is 4.